The third kappa shape index (κ3) is 7.79. The van der Waals surface area contributed by atoms with Crippen molar-refractivity contribution in [1.29, 1.82) is 0 Å². The molecule has 27 heavy (non-hydrogen) atoms. The second-order valence-electron chi connectivity index (χ2n) is 7.96. The summed E-state index contributed by atoms with van der Waals surface area (Å²) >= 11 is 3.32. The smallest absolute Gasteiger partial charge is 0.407 e. The van der Waals surface area contributed by atoms with Gasteiger partial charge in [0.05, 0.1) is 10.6 Å². The minimum atomic E-state index is -3.29. The fourth-order valence-electron chi connectivity index (χ4n) is 3.07. The molecule has 1 fully saturated rings. The SMILES string of the molecule is CC(C)(C)OC(=O)NCC1CCCN(CCS(=O)(=O)c2ccc(Br)cc2)C1. The van der Waals surface area contributed by atoms with Crippen LogP contribution >= 0.6 is 15.9 Å². The Kier molecular flexibility index (Phi) is 7.71. The molecule has 1 aliphatic heterocycles. The van der Waals surface area contributed by atoms with Crippen molar-refractivity contribution >= 4 is 31.9 Å². The van der Waals surface area contributed by atoms with E-state index in [-0.39, 0.29) is 5.75 Å². The van der Waals surface area contributed by atoms with E-state index in [4.69, 9.17) is 4.74 Å². The third-order valence-electron chi connectivity index (χ3n) is 4.39. The number of ether oxygens (including phenoxy) is 1. The van der Waals surface area contributed by atoms with Gasteiger partial charge in [-0.15, -0.1) is 0 Å². The van der Waals surface area contributed by atoms with E-state index in [2.05, 4.69) is 26.1 Å². The molecule has 1 amide bonds. The molecule has 1 aliphatic rings. The quantitative estimate of drug-likeness (QED) is 0.703. The summed E-state index contributed by atoms with van der Waals surface area (Å²) in [7, 11) is -3.29. The van der Waals surface area contributed by atoms with Crippen LogP contribution < -0.4 is 5.32 Å². The maximum Gasteiger partial charge on any atom is 0.407 e. The molecule has 1 unspecified atom stereocenters. The van der Waals surface area contributed by atoms with E-state index in [0.29, 0.717) is 23.9 Å². The molecule has 0 radical (unpaired) electrons. The number of alkyl carbamates (subject to hydrolysis) is 1. The summed E-state index contributed by atoms with van der Waals surface area (Å²) in [5.74, 6) is 0.405. The van der Waals surface area contributed by atoms with E-state index < -0.39 is 21.5 Å². The minimum absolute atomic E-state index is 0.0981. The summed E-state index contributed by atoms with van der Waals surface area (Å²) in [6, 6.07) is 6.74. The zero-order chi connectivity index (χ0) is 20.1. The van der Waals surface area contributed by atoms with Gasteiger partial charge in [0.15, 0.2) is 9.84 Å². The fourth-order valence-corrected chi connectivity index (χ4v) is 4.62. The first-order chi connectivity index (χ1) is 12.5. The van der Waals surface area contributed by atoms with E-state index in [0.717, 1.165) is 30.4 Å². The van der Waals surface area contributed by atoms with Crippen molar-refractivity contribution in [3.05, 3.63) is 28.7 Å². The van der Waals surface area contributed by atoms with Crippen LogP contribution in [0.15, 0.2) is 33.6 Å². The highest BCUT2D eigenvalue weighted by Crippen LogP contribution is 2.19. The number of nitrogens with zero attached hydrogens (tertiary/aromatic N) is 1. The van der Waals surface area contributed by atoms with Crippen molar-refractivity contribution < 1.29 is 17.9 Å². The van der Waals surface area contributed by atoms with Crippen LogP contribution in [0.25, 0.3) is 0 Å². The van der Waals surface area contributed by atoms with Gasteiger partial charge in [0.2, 0.25) is 0 Å². The molecule has 1 aromatic carbocycles. The zero-order valence-corrected chi connectivity index (χ0v) is 18.6. The van der Waals surface area contributed by atoms with Crippen molar-refractivity contribution in [3.63, 3.8) is 0 Å². The van der Waals surface area contributed by atoms with Crippen LogP contribution in [-0.2, 0) is 14.6 Å². The Hall–Kier alpha value is -1.12. The van der Waals surface area contributed by atoms with E-state index in [9.17, 15) is 13.2 Å². The number of hydrogen-bond acceptors (Lipinski definition) is 5. The van der Waals surface area contributed by atoms with E-state index in [1.165, 1.54) is 0 Å². The Balaban J connectivity index is 1.80. The molecule has 8 heteroatoms. The summed E-state index contributed by atoms with van der Waals surface area (Å²) in [5, 5.41) is 2.82. The predicted molar refractivity (Wildman–Crippen MR) is 110 cm³/mol. The van der Waals surface area contributed by atoms with Crippen molar-refractivity contribution in [2.24, 2.45) is 5.92 Å². The maximum atomic E-state index is 12.5. The van der Waals surface area contributed by atoms with Crippen LogP contribution in [0.3, 0.4) is 0 Å². The molecule has 0 aliphatic carbocycles. The second-order valence-corrected chi connectivity index (χ2v) is 11.0. The number of hydrogen-bond donors (Lipinski definition) is 1. The van der Waals surface area contributed by atoms with Gasteiger partial charge < -0.3 is 15.0 Å². The zero-order valence-electron chi connectivity index (χ0n) is 16.2. The van der Waals surface area contributed by atoms with Crippen molar-refractivity contribution in [1.82, 2.24) is 10.2 Å². The van der Waals surface area contributed by atoms with Crippen molar-refractivity contribution in [2.45, 2.75) is 44.1 Å². The van der Waals surface area contributed by atoms with Crippen molar-refractivity contribution in [2.75, 3.05) is 31.9 Å². The highest BCUT2D eigenvalue weighted by Gasteiger charge is 2.24. The topological polar surface area (TPSA) is 75.7 Å². The number of carbonyl (C=O) groups is 1. The molecular formula is C19H29BrN2O4S. The number of piperidine rings is 1. The highest BCUT2D eigenvalue weighted by molar-refractivity contribution is 9.10. The van der Waals surface area contributed by atoms with Crippen molar-refractivity contribution in [3.8, 4) is 0 Å². The molecular weight excluding hydrogens is 432 g/mol. The Bertz CT molecular complexity index is 729. The number of benzene rings is 1. The van der Waals surface area contributed by atoms with E-state index in [1.807, 2.05) is 20.8 Å². The Morgan fingerprint density at radius 1 is 1.30 bits per heavy atom. The molecule has 1 atom stereocenters. The standard InChI is InChI=1S/C19H29BrN2O4S/c1-19(2,3)26-18(23)21-13-15-5-4-10-22(14-15)11-12-27(24,25)17-8-6-16(20)7-9-17/h6-9,15H,4-5,10-14H2,1-3H3,(H,21,23). The summed E-state index contributed by atoms with van der Waals surface area (Å²) in [6.45, 7) is 8.22. The lowest BCUT2D eigenvalue weighted by Crippen LogP contribution is -2.43. The second kappa shape index (κ2) is 9.39. The van der Waals surface area contributed by atoms with E-state index in [1.54, 1.807) is 24.3 Å². The van der Waals surface area contributed by atoms with Gasteiger partial charge in [-0.3, -0.25) is 0 Å². The number of nitrogens with one attached hydrogen (secondary N) is 1. The molecule has 0 bridgehead atoms. The Morgan fingerprint density at radius 2 is 1.96 bits per heavy atom. The molecule has 6 nitrogen and oxygen atoms in total. The highest BCUT2D eigenvalue weighted by atomic mass is 79.9. The third-order valence-corrected chi connectivity index (χ3v) is 6.63. The normalized spacial score (nSPS) is 18.9. The number of halogens is 1. The molecule has 1 saturated heterocycles. The summed E-state index contributed by atoms with van der Waals surface area (Å²) in [6.07, 6.45) is 1.61. The van der Waals surface area contributed by atoms with Gasteiger partial charge in [0.1, 0.15) is 5.60 Å². The summed E-state index contributed by atoms with van der Waals surface area (Å²) < 4.78 is 31.1. The molecule has 1 aromatic rings. The molecule has 0 saturated carbocycles. The fraction of sp³-hybridized carbons (Fsp3) is 0.632. The average Bonchev–Trinajstić information content (AvgIpc) is 2.58. The lowest BCUT2D eigenvalue weighted by atomic mass is 9.98. The monoisotopic (exact) mass is 460 g/mol. The summed E-state index contributed by atoms with van der Waals surface area (Å²) in [4.78, 5) is 14.3. The lowest BCUT2D eigenvalue weighted by Gasteiger charge is -2.32. The Morgan fingerprint density at radius 3 is 2.59 bits per heavy atom. The van der Waals surface area contributed by atoms with Crippen LogP contribution in [0.4, 0.5) is 4.79 Å². The number of likely N-dealkylation sites (tertiary alicyclic amines) is 1. The molecule has 0 spiro atoms. The maximum absolute atomic E-state index is 12.5. The average molecular weight is 461 g/mol. The largest absolute Gasteiger partial charge is 0.444 e. The lowest BCUT2D eigenvalue weighted by molar-refractivity contribution is 0.0508. The van der Waals surface area contributed by atoms with Crippen LogP contribution in [0.5, 0.6) is 0 Å². The van der Waals surface area contributed by atoms with Gasteiger partial charge in [0, 0.05) is 24.1 Å². The number of sulfone groups is 1. The molecule has 0 aromatic heterocycles. The Labute approximate surface area is 170 Å². The van der Waals surface area contributed by atoms with E-state index >= 15 is 0 Å². The first-order valence-corrected chi connectivity index (χ1v) is 11.7. The predicted octanol–water partition coefficient (Wildman–Crippen LogP) is 3.46. The first-order valence-electron chi connectivity index (χ1n) is 9.23. The number of rotatable bonds is 6. The van der Waals surface area contributed by atoms with Crippen LogP contribution in [0.2, 0.25) is 0 Å². The number of amides is 1. The van der Waals surface area contributed by atoms with Gasteiger partial charge in [-0.1, -0.05) is 15.9 Å². The van der Waals surface area contributed by atoms with Crippen LogP contribution in [0.1, 0.15) is 33.6 Å². The molecule has 1 N–H and O–H groups in total. The minimum Gasteiger partial charge on any atom is -0.444 e. The molecule has 1 heterocycles. The van der Waals surface area contributed by atoms with Gasteiger partial charge in [0.25, 0.3) is 0 Å². The molecule has 152 valence electrons. The van der Waals surface area contributed by atoms with Gasteiger partial charge in [-0.2, -0.15) is 0 Å². The van der Waals surface area contributed by atoms with Gasteiger partial charge >= 0.3 is 6.09 Å². The van der Waals surface area contributed by atoms with Crippen LogP contribution in [0, 0.1) is 5.92 Å². The van der Waals surface area contributed by atoms with Gasteiger partial charge in [-0.25, -0.2) is 13.2 Å². The first kappa shape index (κ1) is 22.2. The molecule has 2 rings (SSSR count). The number of carbonyl (C=O) groups excluding carboxylic acids is 1. The summed E-state index contributed by atoms with van der Waals surface area (Å²) in [5.41, 5.74) is -0.510. The van der Waals surface area contributed by atoms with Gasteiger partial charge in [-0.05, 0) is 70.3 Å². The van der Waals surface area contributed by atoms with Crippen LogP contribution in [-0.4, -0.2) is 56.9 Å².